The summed E-state index contributed by atoms with van der Waals surface area (Å²) in [6, 6.07) is 1.12. The summed E-state index contributed by atoms with van der Waals surface area (Å²) in [5.41, 5.74) is -1.08. The van der Waals surface area contributed by atoms with Gasteiger partial charge in [-0.2, -0.15) is 4.99 Å². The number of carbonyl (C=O) groups is 2. The number of methoxy groups -OCH3 is 1. The minimum Gasteiger partial charge on any atom is -0.480 e. The molecule has 0 saturated heterocycles. The number of aryl methyl sites for hydroxylation is 1. The zero-order chi connectivity index (χ0) is 19.0. The number of rotatable bonds is 9. The maximum atomic E-state index is 14.4. The number of nitrogens with zero attached hydrogens (tertiary/aromatic N) is 2. The Hall–Kier alpha value is -2.68. The van der Waals surface area contributed by atoms with Gasteiger partial charge in [-0.1, -0.05) is 0 Å². The SMILES string of the molecule is COCCOC(=C/C=O)/N=c1/c(F)cc(NC(C)(C)C(=O)O)cn1C. The summed E-state index contributed by atoms with van der Waals surface area (Å²) in [5, 5.41) is 11.9. The van der Waals surface area contributed by atoms with Crippen LogP contribution in [0.5, 0.6) is 0 Å². The van der Waals surface area contributed by atoms with E-state index in [4.69, 9.17) is 14.6 Å². The van der Waals surface area contributed by atoms with E-state index in [1.54, 1.807) is 0 Å². The highest BCUT2D eigenvalue weighted by molar-refractivity contribution is 5.81. The van der Waals surface area contributed by atoms with Crippen LogP contribution < -0.4 is 10.8 Å². The molecule has 1 heterocycles. The number of aliphatic carboxylic acids is 1. The Morgan fingerprint density at radius 1 is 1.48 bits per heavy atom. The largest absolute Gasteiger partial charge is 0.480 e. The molecule has 0 fully saturated rings. The third kappa shape index (κ3) is 6.03. The molecule has 0 unspecified atom stereocenters. The second-order valence-electron chi connectivity index (χ2n) is 5.66. The van der Waals surface area contributed by atoms with Crippen molar-refractivity contribution in [1.82, 2.24) is 4.57 Å². The van der Waals surface area contributed by atoms with Crippen molar-refractivity contribution >= 4 is 17.9 Å². The number of pyridine rings is 1. The van der Waals surface area contributed by atoms with E-state index >= 15 is 0 Å². The van der Waals surface area contributed by atoms with Crippen LogP contribution in [0.4, 0.5) is 10.1 Å². The Balaban J connectivity index is 3.18. The monoisotopic (exact) mass is 355 g/mol. The highest BCUT2D eigenvalue weighted by atomic mass is 19.1. The number of ether oxygens (including phenoxy) is 2. The molecular weight excluding hydrogens is 333 g/mol. The van der Waals surface area contributed by atoms with Gasteiger partial charge in [-0.15, -0.1) is 0 Å². The fourth-order valence-electron chi connectivity index (χ4n) is 1.80. The number of aromatic nitrogens is 1. The van der Waals surface area contributed by atoms with Crippen LogP contribution >= 0.6 is 0 Å². The Morgan fingerprint density at radius 2 is 2.16 bits per heavy atom. The second-order valence-corrected chi connectivity index (χ2v) is 5.66. The van der Waals surface area contributed by atoms with Gasteiger partial charge in [-0.3, -0.25) is 4.79 Å². The van der Waals surface area contributed by atoms with Gasteiger partial charge < -0.3 is 24.5 Å². The number of hydrogen-bond acceptors (Lipinski definition) is 6. The lowest BCUT2D eigenvalue weighted by Crippen LogP contribution is -2.40. The van der Waals surface area contributed by atoms with Gasteiger partial charge in [0.25, 0.3) is 0 Å². The lowest BCUT2D eigenvalue weighted by atomic mass is 10.1. The Morgan fingerprint density at radius 3 is 2.68 bits per heavy atom. The van der Waals surface area contributed by atoms with Crippen LogP contribution in [-0.2, 0) is 26.1 Å². The zero-order valence-electron chi connectivity index (χ0n) is 14.6. The normalized spacial score (nSPS) is 12.8. The Bertz CT molecular complexity index is 699. The topological polar surface area (TPSA) is 102 Å². The average molecular weight is 355 g/mol. The van der Waals surface area contributed by atoms with Crippen molar-refractivity contribution < 1.29 is 28.6 Å². The summed E-state index contributed by atoms with van der Waals surface area (Å²) >= 11 is 0. The minimum absolute atomic E-state index is 0.0619. The van der Waals surface area contributed by atoms with Gasteiger partial charge in [-0.05, 0) is 13.8 Å². The van der Waals surface area contributed by atoms with E-state index in [0.29, 0.717) is 6.29 Å². The summed E-state index contributed by atoms with van der Waals surface area (Å²) in [5.74, 6) is -1.85. The number of carboxylic acid groups (broad SMARTS) is 1. The molecule has 9 heteroatoms. The quantitative estimate of drug-likeness (QED) is 0.297. The minimum atomic E-state index is -1.27. The molecule has 25 heavy (non-hydrogen) atoms. The van der Waals surface area contributed by atoms with Crippen LogP contribution in [0.15, 0.2) is 29.2 Å². The molecule has 1 rings (SSSR count). The van der Waals surface area contributed by atoms with E-state index in [-0.39, 0.29) is 30.3 Å². The first-order valence-corrected chi connectivity index (χ1v) is 7.41. The van der Waals surface area contributed by atoms with E-state index in [9.17, 15) is 14.0 Å². The molecule has 0 aromatic carbocycles. The van der Waals surface area contributed by atoms with Crippen molar-refractivity contribution in [1.29, 1.82) is 0 Å². The Kier molecular flexibility index (Phi) is 7.31. The first-order chi connectivity index (χ1) is 11.7. The second kappa shape index (κ2) is 8.97. The first kappa shape index (κ1) is 20.4. The number of allylic oxidation sites excluding steroid dienone is 1. The van der Waals surface area contributed by atoms with Crippen molar-refractivity contribution in [3.63, 3.8) is 0 Å². The van der Waals surface area contributed by atoms with Gasteiger partial charge in [0, 0.05) is 32.5 Å². The van der Waals surface area contributed by atoms with Gasteiger partial charge in [-0.25, -0.2) is 9.18 Å². The molecule has 1 aromatic heterocycles. The fourth-order valence-corrected chi connectivity index (χ4v) is 1.80. The van der Waals surface area contributed by atoms with Crippen molar-refractivity contribution in [2.24, 2.45) is 12.0 Å². The van der Waals surface area contributed by atoms with Gasteiger partial charge in [0.2, 0.25) is 5.88 Å². The molecule has 2 N–H and O–H groups in total. The van der Waals surface area contributed by atoms with Crippen LogP contribution in [0.3, 0.4) is 0 Å². The number of carboxylic acids is 1. The van der Waals surface area contributed by atoms with E-state index < -0.39 is 17.3 Å². The molecule has 0 aliphatic heterocycles. The maximum Gasteiger partial charge on any atom is 0.328 e. The van der Waals surface area contributed by atoms with Crippen molar-refractivity contribution in [2.75, 3.05) is 25.6 Å². The van der Waals surface area contributed by atoms with Crippen LogP contribution in [0.25, 0.3) is 0 Å². The number of halogens is 1. The summed E-state index contributed by atoms with van der Waals surface area (Å²) < 4.78 is 25.8. The summed E-state index contributed by atoms with van der Waals surface area (Å²) in [4.78, 5) is 25.8. The van der Waals surface area contributed by atoms with E-state index in [0.717, 1.165) is 12.1 Å². The lowest BCUT2D eigenvalue weighted by molar-refractivity contribution is -0.141. The van der Waals surface area contributed by atoms with Gasteiger partial charge in [0.1, 0.15) is 18.4 Å². The molecule has 8 nitrogen and oxygen atoms in total. The molecule has 1 aromatic rings. The number of carbonyl (C=O) groups excluding carboxylic acids is 1. The van der Waals surface area contributed by atoms with Crippen LogP contribution in [0.1, 0.15) is 13.8 Å². The molecule has 0 radical (unpaired) electrons. The predicted octanol–water partition coefficient (Wildman–Crippen LogP) is 1.04. The summed E-state index contributed by atoms with van der Waals surface area (Å²) in [7, 11) is 3.03. The zero-order valence-corrected chi connectivity index (χ0v) is 14.6. The standard InChI is InChI=1S/C16H22FN3O5/c1-16(2,15(22)23)19-11-9-12(17)14(20(3)10-11)18-13(5-6-21)25-8-7-24-4/h5-6,9-10,19H,7-8H2,1-4H3,(H,22,23)/b13-5+,18-14-. The molecule has 0 aliphatic carbocycles. The maximum absolute atomic E-state index is 14.4. The van der Waals surface area contributed by atoms with Gasteiger partial charge in [0.15, 0.2) is 11.3 Å². The summed E-state index contributed by atoms with van der Waals surface area (Å²) in [6.45, 7) is 3.35. The number of aldehydes is 1. The molecule has 0 saturated carbocycles. The van der Waals surface area contributed by atoms with Crippen molar-refractivity contribution in [3.05, 3.63) is 35.5 Å². The number of hydrogen-bond donors (Lipinski definition) is 2. The highest BCUT2D eigenvalue weighted by Gasteiger charge is 2.27. The van der Waals surface area contributed by atoms with Crippen molar-refractivity contribution in [2.45, 2.75) is 19.4 Å². The molecule has 0 amide bonds. The molecule has 0 aliphatic rings. The van der Waals surface area contributed by atoms with E-state index in [2.05, 4.69) is 10.3 Å². The fraction of sp³-hybridized carbons (Fsp3) is 0.438. The van der Waals surface area contributed by atoms with Gasteiger partial charge in [0.05, 0.1) is 12.3 Å². The van der Waals surface area contributed by atoms with Gasteiger partial charge >= 0.3 is 5.97 Å². The smallest absolute Gasteiger partial charge is 0.328 e. The molecule has 0 atom stereocenters. The molecule has 0 bridgehead atoms. The first-order valence-electron chi connectivity index (χ1n) is 7.41. The predicted molar refractivity (Wildman–Crippen MR) is 88.2 cm³/mol. The highest BCUT2D eigenvalue weighted by Crippen LogP contribution is 2.15. The average Bonchev–Trinajstić information content (AvgIpc) is 2.50. The summed E-state index contributed by atoms with van der Waals surface area (Å²) in [6.07, 6.45) is 3.03. The Labute approximate surface area is 144 Å². The van der Waals surface area contributed by atoms with Crippen LogP contribution in [-0.4, -0.2) is 47.8 Å². The third-order valence-corrected chi connectivity index (χ3v) is 3.12. The molecule has 0 spiro atoms. The van der Waals surface area contributed by atoms with Crippen LogP contribution in [0, 0.1) is 5.82 Å². The number of anilines is 1. The van der Waals surface area contributed by atoms with E-state index in [1.165, 1.54) is 38.8 Å². The molecular formula is C16H22FN3O5. The lowest BCUT2D eigenvalue weighted by Gasteiger charge is -2.22. The number of nitrogens with one attached hydrogen (secondary N) is 1. The third-order valence-electron chi connectivity index (χ3n) is 3.12. The van der Waals surface area contributed by atoms with Crippen molar-refractivity contribution in [3.8, 4) is 0 Å². The van der Waals surface area contributed by atoms with E-state index in [1.807, 2.05) is 0 Å². The van der Waals surface area contributed by atoms with Crippen LogP contribution in [0.2, 0.25) is 0 Å². The molecule has 138 valence electrons.